The minimum atomic E-state index is -0.339. The molecule has 1 amide bonds. The van der Waals surface area contributed by atoms with Gasteiger partial charge in [-0.1, -0.05) is 24.3 Å². The molecule has 2 aromatic rings. The Morgan fingerprint density at radius 1 is 1.17 bits per heavy atom. The summed E-state index contributed by atoms with van der Waals surface area (Å²) < 4.78 is 23.6. The van der Waals surface area contributed by atoms with Crippen LogP contribution in [-0.4, -0.2) is 20.1 Å². The topological polar surface area (TPSA) is 47.6 Å². The summed E-state index contributed by atoms with van der Waals surface area (Å²) in [6, 6.07) is 11.5. The van der Waals surface area contributed by atoms with Crippen LogP contribution in [-0.2, 0) is 11.3 Å². The van der Waals surface area contributed by atoms with E-state index in [0.717, 1.165) is 5.56 Å². The normalized spacial score (nSPS) is 10.6. The van der Waals surface area contributed by atoms with Crippen molar-refractivity contribution in [3.05, 3.63) is 65.5 Å². The van der Waals surface area contributed by atoms with Gasteiger partial charge in [-0.25, -0.2) is 4.39 Å². The van der Waals surface area contributed by atoms with E-state index in [1.165, 1.54) is 18.2 Å². The van der Waals surface area contributed by atoms with Crippen LogP contribution in [0.1, 0.15) is 11.1 Å². The number of ether oxygens (including phenoxy) is 2. The first-order valence-corrected chi connectivity index (χ1v) is 7.05. The second-order valence-corrected chi connectivity index (χ2v) is 4.76. The minimum absolute atomic E-state index is 0.279. The molecule has 5 heteroatoms. The summed E-state index contributed by atoms with van der Waals surface area (Å²) >= 11 is 0. The zero-order chi connectivity index (χ0) is 16.7. The van der Waals surface area contributed by atoms with Gasteiger partial charge in [-0.2, -0.15) is 0 Å². The third-order valence-electron chi connectivity index (χ3n) is 3.21. The number of amides is 1. The number of para-hydroxylation sites is 1. The van der Waals surface area contributed by atoms with Crippen molar-refractivity contribution in [2.45, 2.75) is 6.54 Å². The van der Waals surface area contributed by atoms with Gasteiger partial charge in [-0.05, 0) is 29.8 Å². The van der Waals surface area contributed by atoms with Gasteiger partial charge >= 0.3 is 0 Å². The average molecular weight is 315 g/mol. The first-order valence-electron chi connectivity index (χ1n) is 7.05. The predicted octanol–water partition coefficient (Wildman–Crippen LogP) is 3.17. The highest BCUT2D eigenvalue weighted by Gasteiger charge is 2.09. The summed E-state index contributed by atoms with van der Waals surface area (Å²) in [5, 5.41) is 2.75. The summed E-state index contributed by atoms with van der Waals surface area (Å²) in [5.41, 5.74) is 1.43. The van der Waals surface area contributed by atoms with Crippen LogP contribution in [0.2, 0.25) is 0 Å². The molecule has 0 radical (unpaired) electrons. The van der Waals surface area contributed by atoms with Crippen molar-refractivity contribution in [3.63, 3.8) is 0 Å². The number of carbonyl (C=O) groups is 1. The molecule has 0 aliphatic rings. The predicted molar refractivity (Wildman–Crippen MR) is 86.8 cm³/mol. The fourth-order valence-electron chi connectivity index (χ4n) is 2.12. The van der Waals surface area contributed by atoms with Crippen LogP contribution < -0.4 is 14.8 Å². The number of nitrogens with one attached hydrogen (secondary N) is 1. The van der Waals surface area contributed by atoms with E-state index < -0.39 is 0 Å². The van der Waals surface area contributed by atoms with Crippen molar-refractivity contribution in [3.8, 4) is 11.5 Å². The third-order valence-corrected chi connectivity index (χ3v) is 3.21. The number of benzene rings is 2. The van der Waals surface area contributed by atoms with E-state index in [2.05, 4.69) is 5.32 Å². The molecule has 0 atom stereocenters. The lowest BCUT2D eigenvalue weighted by Crippen LogP contribution is -2.20. The molecule has 120 valence electrons. The van der Waals surface area contributed by atoms with Gasteiger partial charge in [0.15, 0.2) is 11.5 Å². The molecule has 4 nitrogen and oxygen atoms in total. The van der Waals surface area contributed by atoms with Gasteiger partial charge in [-0.3, -0.25) is 4.79 Å². The molecule has 0 aliphatic carbocycles. The Balaban J connectivity index is 1.99. The monoisotopic (exact) mass is 315 g/mol. The summed E-state index contributed by atoms with van der Waals surface area (Å²) in [5.74, 6) is 0.576. The molecular formula is C18H18FNO3. The maximum atomic E-state index is 13.1. The van der Waals surface area contributed by atoms with Gasteiger partial charge < -0.3 is 14.8 Å². The zero-order valence-electron chi connectivity index (χ0n) is 13.0. The van der Waals surface area contributed by atoms with Crippen LogP contribution in [0.4, 0.5) is 4.39 Å². The maximum Gasteiger partial charge on any atom is 0.244 e. The SMILES string of the molecule is COc1cccc(CNC(=O)/C=C/c2cccc(F)c2)c1OC. The number of hydrogen-bond acceptors (Lipinski definition) is 3. The van der Waals surface area contributed by atoms with E-state index in [1.807, 2.05) is 12.1 Å². The van der Waals surface area contributed by atoms with Gasteiger partial charge in [0.25, 0.3) is 0 Å². The lowest BCUT2D eigenvalue weighted by atomic mass is 10.1. The van der Waals surface area contributed by atoms with Crippen molar-refractivity contribution in [1.82, 2.24) is 5.32 Å². The van der Waals surface area contributed by atoms with Crippen molar-refractivity contribution in [1.29, 1.82) is 0 Å². The molecule has 0 saturated heterocycles. The first-order chi connectivity index (χ1) is 11.1. The molecular weight excluding hydrogens is 297 g/mol. The summed E-state index contributed by atoms with van der Waals surface area (Å²) in [6.07, 6.45) is 2.92. The van der Waals surface area contributed by atoms with Crippen molar-refractivity contribution in [2.75, 3.05) is 14.2 Å². The maximum absolute atomic E-state index is 13.1. The molecule has 2 aromatic carbocycles. The van der Waals surface area contributed by atoms with Crippen molar-refractivity contribution < 1.29 is 18.7 Å². The summed E-state index contributed by atoms with van der Waals surface area (Å²) in [7, 11) is 3.11. The molecule has 0 aliphatic heterocycles. The Kier molecular flexibility index (Phi) is 5.74. The van der Waals surface area contributed by atoms with Crippen LogP contribution in [0.25, 0.3) is 6.08 Å². The molecule has 23 heavy (non-hydrogen) atoms. The van der Waals surface area contributed by atoms with Crippen molar-refractivity contribution >= 4 is 12.0 Å². The van der Waals surface area contributed by atoms with Crippen molar-refractivity contribution in [2.24, 2.45) is 0 Å². The van der Waals surface area contributed by atoms with Crippen LogP contribution in [0, 0.1) is 5.82 Å². The quantitative estimate of drug-likeness (QED) is 0.833. The van der Waals surface area contributed by atoms with E-state index in [0.29, 0.717) is 23.6 Å². The molecule has 0 bridgehead atoms. The highest BCUT2D eigenvalue weighted by Crippen LogP contribution is 2.30. The van der Waals surface area contributed by atoms with Crippen LogP contribution >= 0.6 is 0 Å². The van der Waals surface area contributed by atoms with Gasteiger partial charge in [0.05, 0.1) is 14.2 Å². The molecule has 0 saturated carbocycles. The molecule has 0 fully saturated rings. The molecule has 0 heterocycles. The number of rotatable bonds is 6. The Hall–Kier alpha value is -2.82. The minimum Gasteiger partial charge on any atom is -0.493 e. The van der Waals surface area contributed by atoms with Gasteiger partial charge in [-0.15, -0.1) is 0 Å². The second-order valence-electron chi connectivity index (χ2n) is 4.76. The van der Waals surface area contributed by atoms with E-state index in [4.69, 9.17) is 9.47 Å². The average Bonchev–Trinajstić information content (AvgIpc) is 2.57. The van der Waals surface area contributed by atoms with Crippen LogP contribution in [0.15, 0.2) is 48.5 Å². The second kappa shape index (κ2) is 7.98. The van der Waals surface area contributed by atoms with Gasteiger partial charge in [0, 0.05) is 18.2 Å². The van der Waals surface area contributed by atoms with Gasteiger partial charge in [0.2, 0.25) is 5.91 Å². The van der Waals surface area contributed by atoms with Crippen LogP contribution in [0.3, 0.4) is 0 Å². The highest BCUT2D eigenvalue weighted by molar-refractivity contribution is 5.91. The zero-order valence-corrected chi connectivity index (χ0v) is 13.0. The number of carbonyl (C=O) groups excluding carboxylic acids is 1. The fraction of sp³-hybridized carbons (Fsp3) is 0.167. The molecule has 0 unspecified atom stereocenters. The van der Waals surface area contributed by atoms with E-state index in [1.54, 1.807) is 38.5 Å². The number of hydrogen-bond donors (Lipinski definition) is 1. The molecule has 1 N–H and O–H groups in total. The number of halogens is 1. The Labute approximate surface area is 134 Å². The van der Waals surface area contributed by atoms with E-state index in [9.17, 15) is 9.18 Å². The Morgan fingerprint density at radius 2 is 1.96 bits per heavy atom. The lowest BCUT2D eigenvalue weighted by molar-refractivity contribution is -0.116. The molecule has 0 spiro atoms. The largest absolute Gasteiger partial charge is 0.493 e. The Morgan fingerprint density at radius 3 is 2.65 bits per heavy atom. The Bertz CT molecular complexity index is 713. The van der Waals surface area contributed by atoms with E-state index in [-0.39, 0.29) is 11.7 Å². The van der Waals surface area contributed by atoms with E-state index >= 15 is 0 Å². The van der Waals surface area contributed by atoms with Gasteiger partial charge in [0.1, 0.15) is 5.82 Å². The fourth-order valence-corrected chi connectivity index (χ4v) is 2.12. The first kappa shape index (κ1) is 16.5. The molecule has 0 aromatic heterocycles. The summed E-state index contributed by atoms with van der Waals surface area (Å²) in [6.45, 7) is 0.298. The standard InChI is InChI=1S/C18H18FNO3/c1-22-16-8-4-6-14(18(16)23-2)12-20-17(21)10-9-13-5-3-7-15(19)11-13/h3-11H,12H2,1-2H3,(H,20,21)/b10-9+. The summed E-state index contributed by atoms with van der Waals surface area (Å²) in [4.78, 5) is 11.9. The smallest absolute Gasteiger partial charge is 0.244 e. The number of methoxy groups -OCH3 is 2. The molecule has 2 rings (SSSR count). The van der Waals surface area contributed by atoms with Crippen LogP contribution in [0.5, 0.6) is 11.5 Å². The highest BCUT2D eigenvalue weighted by atomic mass is 19.1. The lowest BCUT2D eigenvalue weighted by Gasteiger charge is -2.12. The third kappa shape index (κ3) is 4.57.